The summed E-state index contributed by atoms with van der Waals surface area (Å²) in [4.78, 5) is 0. The predicted octanol–water partition coefficient (Wildman–Crippen LogP) is 2.51. The third-order valence-electron chi connectivity index (χ3n) is 1.70. The van der Waals surface area contributed by atoms with E-state index in [9.17, 15) is 5.11 Å². The van der Waals surface area contributed by atoms with Gasteiger partial charge >= 0.3 is 0 Å². The molecule has 1 nitrogen and oxygen atoms in total. The van der Waals surface area contributed by atoms with Gasteiger partial charge in [-0.25, -0.2) is 0 Å². The molecule has 64 valence electrons. The molecule has 1 atom stereocenters. The lowest BCUT2D eigenvalue weighted by molar-refractivity contribution is 0.180. The van der Waals surface area contributed by atoms with E-state index in [-0.39, 0.29) is 6.10 Å². The third-order valence-corrected chi connectivity index (χ3v) is 1.70. The topological polar surface area (TPSA) is 20.2 Å². The number of hydrogen-bond donors (Lipinski definition) is 1. The van der Waals surface area contributed by atoms with Crippen LogP contribution >= 0.6 is 0 Å². The summed E-state index contributed by atoms with van der Waals surface area (Å²) < 4.78 is 0. The Balaban J connectivity index is 4.01. The van der Waals surface area contributed by atoms with E-state index in [1.807, 2.05) is 6.92 Å². The largest absolute Gasteiger partial charge is 0.388 e. The van der Waals surface area contributed by atoms with Gasteiger partial charge in [-0.1, -0.05) is 27.4 Å². The van der Waals surface area contributed by atoms with Crippen LogP contribution in [0.5, 0.6) is 0 Å². The fraction of sp³-hybridized carbons (Fsp3) is 0.700. The van der Waals surface area contributed by atoms with Gasteiger partial charge in [-0.05, 0) is 24.3 Å². The first kappa shape index (κ1) is 10.5. The van der Waals surface area contributed by atoms with Crippen molar-refractivity contribution in [2.45, 2.75) is 39.7 Å². The molecule has 0 aliphatic carbocycles. The van der Waals surface area contributed by atoms with Crippen molar-refractivity contribution in [3.8, 4) is 0 Å². The van der Waals surface area contributed by atoms with Gasteiger partial charge < -0.3 is 5.11 Å². The Morgan fingerprint density at radius 2 is 2.09 bits per heavy atom. The molecule has 0 aliphatic rings. The van der Waals surface area contributed by atoms with Crippen molar-refractivity contribution in [1.29, 1.82) is 0 Å². The van der Waals surface area contributed by atoms with E-state index in [1.165, 1.54) is 0 Å². The molecule has 0 aromatic heterocycles. The van der Waals surface area contributed by atoms with Gasteiger partial charge in [-0.2, -0.15) is 0 Å². The standard InChI is InChI=1S/C10H18O/c1-5-9(6-2)10(11)7-8(3)4/h8,10-11H,1,6-7H2,2-4H3. The van der Waals surface area contributed by atoms with Crippen LogP contribution in [0.25, 0.3) is 0 Å². The molecule has 0 bridgehead atoms. The molecule has 0 amide bonds. The normalized spacial score (nSPS) is 12.8. The summed E-state index contributed by atoms with van der Waals surface area (Å²) in [5, 5.41) is 9.54. The molecule has 0 aliphatic heterocycles. The molecule has 0 spiro atoms. The maximum atomic E-state index is 9.54. The van der Waals surface area contributed by atoms with Crippen LogP contribution in [0.4, 0.5) is 0 Å². The SMILES string of the molecule is C=C=C(CC)C(O)CC(C)C. The highest BCUT2D eigenvalue weighted by Crippen LogP contribution is 2.13. The molecule has 11 heavy (non-hydrogen) atoms. The highest BCUT2D eigenvalue weighted by atomic mass is 16.3. The highest BCUT2D eigenvalue weighted by Gasteiger charge is 2.09. The van der Waals surface area contributed by atoms with Crippen molar-refractivity contribution in [2.24, 2.45) is 5.92 Å². The lowest BCUT2D eigenvalue weighted by atomic mass is 9.99. The molecule has 1 N–H and O–H groups in total. The molecule has 0 heterocycles. The second-order valence-corrected chi connectivity index (χ2v) is 3.20. The molecule has 0 aromatic rings. The van der Waals surface area contributed by atoms with Crippen molar-refractivity contribution < 1.29 is 5.11 Å². The smallest absolute Gasteiger partial charge is 0.0825 e. The van der Waals surface area contributed by atoms with Gasteiger partial charge in [0.05, 0.1) is 6.10 Å². The number of rotatable bonds is 4. The van der Waals surface area contributed by atoms with E-state index in [4.69, 9.17) is 0 Å². The number of hydrogen-bond acceptors (Lipinski definition) is 1. The summed E-state index contributed by atoms with van der Waals surface area (Å²) in [7, 11) is 0. The first-order chi connectivity index (χ1) is 5.11. The van der Waals surface area contributed by atoms with Crippen LogP contribution < -0.4 is 0 Å². The molecule has 0 saturated carbocycles. The average Bonchev–Trinajstić information content (AvgIpc) is 1.88. The molecule has 0 radical (unpaired) electrons. The summed E-state index contributed by atoms with van der Waals surface area (Å²) in [6, 6.07) is 0. The second kappa shape index (κ2) is 5.17. The zero-order chi connectivity index (χ0) is 8.85. The Morgan fingerprint density at radius 3 is 2.36 bits per heavy atom. The van der Waals surface area contributed by atoms with Crippen LogP contribution in [0.3, 0.4) is 0 Å². The Hall–Kier alpha value is -0.520. The summed E-state index contributed by atoms with van der Waals surface area (Å²) in [5.41, 5.74) is 3.70. The Morgan fingerprint density at radius 1 is 1.55 bits per heavy atom. The van der Waals surface area contributed by atoms with Crippen LogP contribution in [0.1, 0.15) is 33.6 Å². The van der Waals surface area contributed by atoms with Crippen LogP contribution in [-0.4, -0.2) is 11.2 Å². The lowest BCUT2D eigenvalue weighted by Crippen LogP contribution is -2.12. The van der Waals surface area contributed by atoms with E-state index in [0.29, 0.717) is 5.92 Å². The van der Waals surface area contributed by atoms with E-state index in [1.54, 1.807) is 0 Å². The minimum absolute atomic E-state index is 0.336. The molecule has 0 aromatic carbocycles. The maximum absolute atomic E-state index is 9.54. The summed E-state index contributed by atoms with van der Waals surface area (Å²) >= 11 is 0. The Bertz CT molecular complexity index is 152. The number of aliphatic hydroxyl groups is 1. The minimum atomic E-state index is -0.336. The molecular formula is C10H18O. The summed E-state index contributed by atoms with van der Waals surface area (Å²) in [6.07, 6.45) is 1.32. The van der Waals surface area contributed by atoms with Crippen LogP contribution in [0.2, 0.25) is 0 Å². The Labute approximate surface area is 69.4 Å². The maximum Gasteiger partial charge on any atom is 0.0825 e. The van der Waals surface area contributed by atoms with Crippen LogP contribution in [0.15, 0.2) is 17.9 Å². The monoisotopic (exact) mass is 154 g/mol. The molecule has 1 unspecified atom stereocenters. The summed E-state index contributed by atoms with van der Waals surface area (Å²) in [6.45, 7) is 9.74. The highest BCUT2D eigenvalue weighted by molar-refractivity contribution is 5.04. The van der Waals surface area contributed by atoms with E-state index in [2.05, 4.69) is 26.2 Å². The van der Waals surface area contributed by atoms with Crippen LogP contribution in [-0.2, 0) is 0 Å². The second-order valence-electron chi connectivity index (χ2n) is 3.20. The number of aliphatic hydroxyl groups excluding tert-OH is 1. The minimum Gasteiger partial charge on any atom is -0.388 e. The van der Waals surface area contributed by atoms with E-state index >= 15 is 0 Å². The van der Waals surface area contributed by atoms with Gasteiger partial charge in [0.2, 0.25) is 0 Å². The average molecular weight is 154 g/mol. The van der Waals surface area contributed by atoms with E-state index < -0.39 is 0 Å². The molecule has 0 saturated heterocycles. The molecule has 1 heteroatoms. The van der Waals surface area contributed by atoms with Crippen molar-refractivity contribution >= 4 is 0 Å². The quantitative estimate of drug-likeness (QED) is 0.617. The van der Waals surface area contributed by atoms with Gasteiger partial charge in [-0.15, -0.1) is 5.73 Å². The predicted molar refractivity (Wildman–Crippen MR) is 48.4 cm³/mol. The van der Waals surface area contributed by atoms with Gasteiger partial charge in [0.15, 0.2) is 0 Å². The van der Waals surface area contributed by atoms with Crippen molar-refractivity contribution in [1.82, 2.24) is 0 Å². The van der Waals surface area contributed by atoms with Gasteiger partial charge in [0.25, 0.3) is 0 Å². The van der Waals surface area contributed by atoms with Crippen molar-refractivity contribution in [3.63, 3.8) is 0 Å². The van der Waals surface area contributed by atoms with Crippen LogP contribution in [0, 0.1) is 5.92 Å². The van der Waals surface area contributed by atoms with Crippen molar-refractivity contribution in [3.05, 3.63) is 17.9 Å². The fourth-order valence-electron chi connectivity index (χ4n) is 1.07. The van der Waals surface area contributed by atoms with Crippen molar-refractivity contribution in [2.75, 3.05) is 0 Å². The molecule has 0 fully saturated rings. The molecule has 0 rings (SSSR count). The lowest BCUT2D eigenvalue weighted by Gasteiger charge is -2.13. The van der Waals surface area contributed by atoms with Gasteiger partial charge in [0, 0.05) is 0 Å². The zero-order valence-corrected chi connectivity index (χ0v) is 7.72. The first-order valence-electron chi connectivity index (χ1n) is 4.18. The third kappa shape index (κ3) is 4.02. The fourth-order valence-corrected chi connectivity index (χ4v) is 1.07. The van der Waals surface area contributed by atoms with Gasteiger partial charge in [-0.3, -0.25) is 0 Å². The zero-order valence-electron chi connectivity index (χ0n) is 7.72. The first-order valence-corrected chi connectivity index (χ1v) is 4.18. The summed E-state index contributed by atoms with van der Waals surface area (Å²) in [5.74, 6) is 0.528. The van der Waals surface area contributed by atoms with Gasteiger partial charge in [0.1, 0.15) is 0 Å². The Kier molecular flexibility index (Phi) is 4.93. The van der Waals surface area contributed by atoms with E-state index in [0.717, 1.165) is 18.4 Å². The molecular weight excluding hydrogens is 136 g/mol.